The monoisotopic (exact) mass is 488 g/mol. The van der Waals surface area contributed by atoms with Crippen LogP contribution in [0.4, 0.5) is 0 Å². The Morgan fingerprint density at radius 3 is 2.17 bits per heavy atom. The topological polar surface area (TPSA) is 49.4 Å². The average Bonchev–Trinajstić information content (AvgIpc) is 2.69. The van der Waals surface area contributed by atoms with Crippen molar-refractivity contribution >= 4 is 58.2 Å². The van der Waals surface area contributed by atoms with E-state index in [1.807, 2.05) is 13.8 Å². The molecule has 0 aliphatic carbocycles. The maximum absolute atomic E-state index is 13.2. The third-order valence-electron chi connectivity index (χ3n) is 4.90. The van der Waals surface area contributed by atoms with Crippen LogP contribution in [0.25, 0.3) is 0 Å². The summed E-state index contributed by atoms with van der Waals surface area (Å²) in [5, 5.41) is 4.57. The minimum atomic E-state index is -0.721. The van der Waals surface area contributed by atoms with Gasteiger partial charge in [-0.25, -0.2) is 0 Å². The summed E-state index contributed by atoms with van der Waals surface area (Å²) in [4.78, 5) is 27.5. The van der Waals surface area contributed by atoms with Crippen molar-refractivity contribution in [2.75, 3.05) is 0 Å². The van der Waals surface area contributed by atoms with Crippen molar-refractivity contribution in [3.05, 3.63) is 67.6 Å². The highest BCUT2D eigenvalue weighted by molar-refractivity contribution is 6.42. The third-order valence-corrected chi connectivity index (χ3v) is 6.35. The lowest BCUT2D eigenvalue weighted by Gasteiger charge is -2.30. The highest BCUT2D eigenvalue weighted by atomic mass is 35.5. The van der Waals surface area contributed by atoms with Gasteiger partial charge in [-0.3, -0.25) is 9.59 Å². The third kappa shape index (κ3) is 6.52. The maximum Gasteiger partial charge on any atom is 0.242 e. The molecule has 2 aromatic carbocycles. The van der Waals surface area contributed by atoms with Gasteiger partial charge in [0.1, 0.15) is 6.04 Å². The van der Waals surface area contributed by atoms with Crippen LogP contribution in [-0.4, -0.2) is 28.8 Å². The molecular formula is C22H24Cl4N2O2. The molecule has 0 saturated carbocycles. The summed E-state index contributed by atoms with van der Waals surface area (Å²) in [6.07, 6.45) is 0.839. The van der Waals surface area contributed by atoms with Crippen molar-refractivity contribution in [3.63, 3.8) is 0 Å². The van der Waals surface area contributed by atoms with Gasteiger partial charge in [-0.1, -0.05) is 65.5 Å². The van der Waals surface area contributed by atoms with E-state index in [-0.39, 0.29) is 30.8 Å². The van der Waals surface area contributed by atoms with E-state index in [1.54, 1.807) is 43.3 Å². The van der Waals surface area contributed by atoms with Gasteiger partial charge in [-0.2, -0.15) is 0 Å². The predicted molar refractivity (Wildman–Crippen MR) is 125 cm³/mol. The van der Waals surface area contributed by atoms with Gasteiger partial charge in [0.15, 0.2) is 0 Å². The number of amides is 2. The lowest BCUT2D eigenvalue weighted by Crippen LogP contribution is -2.50. The molecule has 30 heavy (non-hydrogen) atoms. The maximum atomic E-state index is 13.2. The number of hydrogen-bond donors (Lipinski definition) is 1. The summed E-state index contributed by atoms with van der Waals surface area (Å²) in [5.41, 5.74) is 1.28. The number of rotatable bonds is 8. The van der Waals surface area contributed by atoms with Crippen LogP contribution >= 0.6 is 46.4 Å². The Kier molecular flexibility index (Phi) is 9.30. The second kappa shape index (κ2) is 11.2. The Balaban J connectivity index is 2.32. The first-order chi connectivity index (χ1) is 14.1. The first kappa shape index (κ1) is 24.8. The molecule has 0 radical (unpaired) electrons. The fourth-order valence-corrected chi connectivity index (χ4v) is 3.67. The molecule has 0 bridgehead atoms. The molecule has 0 aromatic heterocycles. The van der Waals surface area contributed by atoms with Crippen molar-refractivity contribution in [2.24, 2.45) is 0 Å². The molecule has 0 aliphatic rings. The molecule has 0 spiro atoms. The average molecular weight is 490 g/mol. The molecule has 2 amide bonds. The molecule has 1 N–H and O–H groups in total. The molecule has 0 fully saturated rings. The predicted octanol–water partition coefficient (Wildman–Crippen LogP) is 6.17. The van der Waals surface area contributed by atoms with Gasteiger partial charge in [-0.05, 0) is 50.1 Å². The van der Waals surface area contributed by atoms with Crippen molar-refractivity contribution in [3.8, 4) is 0 Å². The van der Waals surface area contributed by atoms with Gasteiger partial charge in [0.2, 0.25) is 11.8 Å². The van der Waals surface area contributed by atoms with Crippen LogP contribution in [0.2, 0.25) is 20.1 Å². The molecule has 8 heteroatoms. The summed E-state index contributed by atoms with van der Waals surface area (Å²) < 4.78 is 0. The van der Waals surface area contributed by atoms with E-state index in [4.69, 9.17) is 46.4 Å². The van der Waals surface area contributed by atoms with E-state index in [1.165, 1.54) is 4.90 Å². The quantitative estimate of drug-likeness (QED) is 0.481. The van der Waals surface area contributed by atoms with E-state index in [9.17, 15) is 9.59 Å². The standard InChI is InChI=1S/C22H24Cl4N2O2/c1-4-13(2)27-22(30)14(3)28(12-16-17(23)6-5-7-18(16)24)21(29)11-15-8-9-19(25)20(26)10-15/h5-10,13-14H,4,11-12H2,1-3H3,(H,27,30)/t13-,14-/m0/s1. The molecular weight excluding hydrogens is 466 g/mol. The Bertz CT molecular complexity index is 900. The van der Waals surface area contributed by atoms with Gasteiger partial charge in [0, 0.05) is 28.2 Å². The highest BCUT2D eigenvalue weighted by Crippen LogP contribution is 2.27. The zero-order valence-electron chi connectivity index (χ0n) is 17.0. The number of benzene rings is 2. The van der Waals surface area contributed by atoms with Gasteiger partial charge in [-0.15, -0.1) is 0 Å². The van der Waals surface area contributed by atoms with E-state index >= 15 is 0 Å². The lowest BCUT2D eigenvalue weighted by atomic mass is 10.1. The first-order valence-electron chi connectivity index (χ1n) is 9.60. The molecule has 0 unspecified atom stereocenters. The van der Waals surface area contributed by atoms with Crippen LogP contribution in [0.5, 0.6) is 0 Å². The molecule has 0 saturated heterocycles. The zero-order chi connectivity index (χ0) is 22.4. The van der Waals surface area contributed by atoms with Gasteiger partial charge in [0.05, 0.1) is 16.5 Å². The van der Waals surface area contributed by atoms with Crippen molar-refractivity contribution in [1.82, 2.24) is 10.2 Å². The molecule has 162 valence electrons. The molecule has 4 nitrogen and oxygen atoms in total. The number of nitrogens with one attached hydrogen (secondary N) is 1. The van der Waals surface area contributed by atoms with Crippen LogP contribution in [0.3, 0.4) is 0 Å². The van der Waals surface area contributed by atoms with Crippen LogP contribution in [0.15, 0.2) is 36.4 Å². The van der Waals surface area contributed by atoms with Crippen molar-refractivity contribution in [1.29, 1.82) is 0 Å². The van der Waals surface area contributed by atoms with E-state index in [0.29, 0.717) is 31.2 Å². The largest absolute Gasteiger partial charge is 0.352 e. The summed E-state index contributed by atoms with van der Waals surface area (Å²) in [6, 6.07) is 9.43. The minimum Gasteiger partial charge on any atom is -0.352 e. The van der Waals surface area contributed by atoms with Crippen LogP contribution in [0, 0.1) is 0 Å². The number of hydrogen-bond acceptors (Lipinski definition) is 2. The summed E-state index contributed by atoms with van der Waals surface area (Å²) in [7, 11) is 0. The fraction of sp³-hybridized carbons (Fsp3) is 0.364. The van der Waals surface area contributed by atoms with Crippen LogP contribution in [-0.2, 0) is 22.6 Å². The number of carbonyl (C=O) groups is 2. The van der Waals surface area contributed by atoms with Gasteiger partial charge in [0.25, 0.3) is 0 Å². The second-order valence-electron chi connectivity index (χ2n) is 7.14. The van der Waals surface area contributed by atoms with Gasteiger partial charge < -0.3 is 10.2 Å². The lowest BCUT2D eigenvalue weighted by molar-refractivity contribution is -0.140. The number of halogens is 4. The zero-order valence-corrected chi connectivity index (χ0v) is 20.0. The Morgan fingerprint density at radius 1 is 0.967 bits per heavy atom. The summed E-state index contributed by atoms with van der Waals surface area (Å²) >= 11 is 24.7. The number of carbonyl (C=O) groups excluding carboxylic acids is 2. The highest BCUT2D eigenvalue weighted by Gasteiger charge is 2.28. The molecule has 0 aliphatic heterocycles. The van der Waals surface area contributed by atoms with Crippen LogP contribution in [0.1, 0.15) is 38.3 Å². The Labute approximate surface area is 197 Å². The molecule has 2 aromatic rings. The van der Waals surface area contributed by atoms with Crippen molar-refractivity contribution < 1.29 is 9.59 Å². The van der Waals surface area contributed by atoms with E-state index < -0.39 is 6.04 Å². The first-order valence-corrected chi connectivity index (χ1v) is 11.1. The second-order valence-corrected chi connectivity index (χ2v) is 8.77. The fourth-order valence-electron chi connectivity index (χ4n) is 2.83. The van der Waals surface area contributed by atoms with Crippen molar-refractivity contribution in [2.45, 2.75) is 52.2 Å². The van der Waals surface area contributed by atoms with E-state index in [0.717, 1.165) is 6.42 Å². The van der Waals surface area contributed by atoms with Gasteiger partial charge >= 0.3 is 0 Å². The number of nitrogens with zero attached hydrogens (tertiary/aromatic N) is 1. The molecule has 0 heterocycles. The summed E-state index contributed by atoms with van der Waals surface area (Å²) in [5.74, 6) is -0.494. The smallest absolute Gasteiger partial charge is 0.242 e. The normalized spacial score (nSPS) is 12.9. The minimum absolute atomic E-state index is 0.00382. The molecule has 2 atom stereocenters. The SMILES string of the molecule is CC[C@H](C)NC(=O)[C@H](C)N(Cc1c(Cl)cccc1Cl)C(=O)Cc1ccc(Cl)c(Cl)c1. The van der Waals surface area contributed by atoms with E-state index in [2.05, 4.69) is 5.32 Å². The summed E-state index contributed by atoms with van der Waals surface area (Å²) in [6.45, 7) is 5.69. The Hall–Kier alpha value is -1.46. The Morgan fingerprint density at radius 2 is 1.60 bits per heavy atom. The van der Waals surface area contributed by atoms with Crippen LogP contribution < -0.4 is 5.32 Å². The molecule has 2 rings (SSSR count).